The van der Waals surface area contributed by atoms with E-state index in [4.69, 9.17) is 4.74 Å². The van der Waals surface area contributed by atoms with E-state index in [1.165, 1.54) is 25.6 Å². The van der Waals surface area contributed by atoms with E-state index in [-0.39, 0.29) is 16.6 Å². The number of alkyl halides is 3. The zero-order valence-electron chi connectivity index (χ0n) is 14.1. The minimum atomic E-state index is -4.69. The van der Waals surface area contributed by atoms with Crippen LogP contribution in [0, 0.1) is 0 Å². The van der Waals surface area contributed by atoms with Crippen molar-refractivity contribution in [1.29, 1.82) is 0 Å². The molecular formula is C18H14F3N3O2S. The van der Waals surface area contributed by atoms with E-state index in [2.05, 4.69) is 15.0 Å². The fraction of sp³-hybridized carbons (Fsp3) is 0.167. The van der Waals surface area contributed by atoms with Crippen LogP contribution in [0.3, 0.4) is 0 Å². The summed E-state index contributed by atoms with van der Waals surface area (Å²) in [6.07, 6.45) is -1.86. The summed E-state index contributed by atoms with van der Waals surface area (Å²) in [5, 5.41) is -0.206. The van der Waals surface area contributed by atoms with Gasteiger partial charge in [0.15, 0.2) is 5.82 Å². The normalized spacial score (nSPS) is 12.6. The summed E-state index contributed by atoms with van der Waals surface area (Å²) in [7, 11) is -0.360. The highest BCUT2D eigenvalue weighted by Crippen LogP contribution is 2.31. The SMILES string of the molecule is COc1ccccc1CS(=O)c1cc(C(F)(F)F)nc(-c2cccnc2)n1. The molecule has 0 spiro atoms. The third-order valence-corrected chi connectivity index (χ3v) is 4.87. The Morgan fingerprint density at radius 1 is 1.11 bits per heavy atom. The third kappa shape index (κ3) is 4.48. The maximum atomic E-state index is 13.2. The molecule has 0 N–H and O–H groups in total. The number of rotatable bonds is 5. The Morgan fingerprint density at radius 3 is 2.56 bits per heavy atom. The van der Waals surface area contributed by atoms with Crippen LogP contribution in [-0.2, 0) is 22.7 Å². The standard InChI is InChI=1S/C18H14F3N3O2S/c1-26-14-7-3-2-5-13(14)11-27(25)16-9-15(18(19,20)21)23-17(24-16)12-6-4-8-22-10-12/h2-10H,11H2,1H3. The van der Waals surface area contributed by atoms with Crippen LogP contribution in [0.15, 0.2) is 59.9 Å². The molecule has 0 saturated heterocycles. The van der Waals surface area contributed by atoms with Crippen molar-refractivity contribution in [3.05, 3.63) is 66.1 Å². The van der Waals surface area contributed by atoms with Crippen LogP contribution in [0.1, 0.15) is 11.3 Å². The molecule has 2 aromatic heterocycles. The summed E-state index contributed by atoms with van der Waals surface area (Å²) in [6.45, 7) is 0. The molecule has 1 unspecified atom stereocenters. The van der Waals surface area contributed by atoms with Gasteiger partial charge in [-0.3, -0.25) is 9.19 Å². The Morgan fingerprint density at radius 2 is 1.89 bits per heavy atom. The average Bonchev–Trinajstić information content (AvgIpc) is 2.68. The van der Waals surface area contributed by atoms with Gasteiger partial charge in [-0.15, -0.1) is 0 Å². The minimum absolute atomic E-state index is 0.0369. The second kappa shape index (κ2) is 7.83. The number of methoxy groups -OCH3 is 1. The second-order valence-corrected chi connectivity index (χ2v) is 6.85. The van der Waals surface area contributed by atoms with Gasteiger partial charge < -0.3 is 4.74 Å². The number of hydrogen-bond acceptors (Lipinski definition) is 5. The number of hydrogen-bond donors (Lipinski definition) is 0. The first-order valence-corrected chi connectivity index (χ1v) is 9.07. The van der Waals surface area contributed by atoms with Crippen LogP contribution in [0.2, 0.25) is 0 Å². The van der Waals surface area contributed by atoms with Gasteiger partial charge in [-0.2, -0.15) is 13.2 Å². The van der Waals surface area contributed by atoms with Crippen LogP contribution < -0.4 is 4.74 Å². The van der Waals surface area contributed by atoms with Crippen molar-refractivity contribution in [3.63, 3.8) is 0 Å². The summed E-state index contributed by atoms with van der Waals surface area (Å²) < 4.78 is 57.7. The predicted octanol–water partition coefficient (Wildman–Crippen LogP) is 3.87. The summed E-state index contributed by atoms with van der Waals surface area (Å²) in [5.41, 5.74) is -0.243. The van der Waals surface area contributed by atoms with E-state index in [1.807, 2.05) is 0 Å². The number of aromatic nitrogens is 3. The highest BCUT2D eigenvalue weighted by Gasteiger charge is 2.34. The van der Waals surface area contributed by atoms with Crippen molar-refractivity contribution in [3.8, 4) is 17.1 Å². The number of halogens is 3. The first-order valence-electron chi connectivity index (χ1n) is 7.75. The van der Waals surface area contributed by atoms with Gasteiger partial charge in [0.25, 0.3) is 0 Å². The first kappa shape index (κ1) is 19.0. The van der Waals surface area contributed by atoms with Gasteiger partial charge in [-0.1, -0.05) is 18.2 Å². The first-order chi connectivity index (χ1) is 12.9. The minimum Gasteiger partial charge on any atom is -0.496 e. The molecule has 0 aliphatic rings. The van der Waals surface area contributed by atoms with E-state index >= 15 is 0 Å². The largest absolute Gasteiger partial charge is 0.496 e. The van der Waals surface area contributed by atoms with Gasteiger partial charge in [0.1, 0.15) is 16.5 Å². The number of para-hydroxylation sites is 1. The number of nitrogens with zero attached hydrogens (tertiary/aromatic N) is 3. The maximum Gasteiger partial charge on any atom is 0.433 e. The smallest absolute Gasteiger partial charge is 0.433 e. The molecule has 5 nitrogen and oxygen atoms in total. The molecule has 0 aliphatic carbocycles. The molecular weight excluding hydrogens is 379 g/mol. The van der Waals surface area contributed by atoms with Gasteiger partial charge in [0.05, 0.1) is 23.7 Å². The van der Waals surface area contributed by atoms with Crippen LogP contribution in [0.4, 0.5) is 13.2 Å². The van der Waals surface area contributed by atoms with Gasteiger partial charge in [0, 0.05) is 29.6 Å². The van der Waals surface area contributed by atoms with Crippen LogP contribution in [0.25, 0.3) is 11.4 Å². The van der Waals surface area contributed by atoms with E-state index in [0.29, 0.717) is 22.9 Å². The fourth-order valence-electron chi connectivity index (χ4n) is 2.35. The van der Waals surface area contributed by atoms with Crippen molar-refractivity contribution < 1.29 is 22.1 Å². The molecule has 0 aliphatic heterocycles. The molecule has 0 amide bonds. The topological polar surface area (TPSA) is 65.0 Å². The summed E-state index contributed by atoms with van der Waals surface area (Å²) in [4.78, 5) is 11.5. The lowest BCUT2D eigenvalue weighted by molar-refractivity contribution is -0.141. The molecule has 9 heteroatoms. The quantitative estimate of drug-likeness (QED) is 0.616. The van der Waals surface area contributed by atoms with E-state index in [9.17, 15) is 17.4 Å². The third-order valence-electron chi connectivity index (χ3n) is 3.63. The van der Waals surface area contributed by atoms with Gasteiger partial charge >= 0.3 is 6.18 Å². The monoisotopic (exact) mass is 393 g/mol. The zero-order valence-corrected chi connectivity index (χ0v) is 14.9. The molecule has 2 heterocycles. The second-order valence-electron chi connectivity index (χ2n) is 5.46. The Balaban J connectivity index is 2.02. The Hall–Kier alpha value is -2.81. The number of benzene rings is 1. The molecule has 0 radical (unpaired) electrons. The highest BCUT2D eigenvalue weighted by atomic mass is 32.2. The van der Waals surface area contributed by atoms with E-state index in [0.717, 1.165) is 0 Å². The van der Waals surface area contributed by atoms with Crippen molar-refractivity contribution in [2.75, 3.05) is 7.11 Å². The lowest BCUT2D eigenvalue weighted by atomic mass is 10.2. The molecule has 0 bridgehead atoms. The molecule has 140 valence electrons. The van der Waals surface area contributed by atoms with Crippen molar-refractivity contribution in [1.82, 2.24) is 15.0 Å². The number of ether oxygens (including phenoxy) is 1. The molecule has 1 aromatic carbocycles. The molecule has 0 fully saturated rings. The predicted molar refractivity (Wildman–Crippen MR) is 93.4 cm³/mol. The van der Waals surface area contributed by atoms with Crippen LogP contribution in [0.5, 0.6) is 5.75 Å². The lowest BCUT2D eigenvalue weighted by Crippen LogP contribution is -2.12. The average molecular weight is 393 g/mol. The zero-order chi connectivity index (χ0) is 19.4. The number of pyridine rings is 1. The lowest BCUT2D eigenvalue weighted by Gasteiger charge is -2.11. The van der Waals surface area contributed by atoms with Gasteiger partial charge in [0.2, 0.25) is 0 Å². The van der Waals surface area contributed by atoms with Gasteiger partial charge in [-0.05, 0) is 18.2 Å². The van der Waals surface area contributed by atoms with Gasteiger partial charge in [-0.25, -0.2) is 9.97 Å². The van der Waals surface area contributed by atoms with Crippen LogP contribution in [-0.4, -0.2) is 26.3 Å². The van der Waals surface area contributed by atoms with E-state index < -0.39 is 22.7 Å². The summed E-state index contributed by atoms with van der Waals surface area (Å²) >= 11 is 0. The van der Waals surface area contributed by atoms with Crippen molar-refractivity contribution in [2.45, 2.75) is 17.0 Å². The Kier molecular flexibility index (Phi) is 5.50. The summed E-state index contributed by atoms with van der Waals surface area (Å²) in [5.74, 6) is 0.287. The molecule has 3 rings (SSSR count). The van der Waals surface area contributed by atoms with Crippen molar-refractivity contribution in [2.24, 2.45) is 0 Å². The molecule has 1 atom stereocenters. The Bertz CT molecular complexity index is 966. The molecule has 0 saturated carbocycles. The highest BCUT2D eigenvalue weighted by molar-refractivity contribution is 7.84. The fourth-order valence-corrected chi connectivity index (χ4v) is 3.45. The van der Waals surface area contributed by atoms with E-state index in [1.54, 1.807) is 30.3 Å². The van der Waals surface area contributed by atoms with Crippen molar-refractivity contribution >= 4 is 10.8 Å². The maximum absolute atomic E-state index is 13.2. The molecule has 27 heavy (non-hydrogen) atoms. The Labute approximate surface area is 155 Å². The molecule has 3 aromatic rings. The van der Waals surface area contributed by atoms with Crippen LogP contribution >= 0.6 is 0 Å². The summed E-state index contributed by atoms with van der Waals surface area (Å²) in [6, 6.07) is 10.7.